The van der Waals surface area contributed by atoms with E-state index in [2.05, 4.69) is 56.1 Å². The minimum atomic E-state index is 0.719. The van der Waals surface area contributed by atoms with Crippen molar-refractivity contribution in [2.24, 2.45) is 17.8 Å². The molecular weight excluding hydrogens is 230 g/mol. The average molecular weight is 255 g/mol. The molecule has 1 heteroatoms. The number of aromatic amines is 1. The van der Waals surface area contributed by atoms with Gasteiger partial charge in [0, 0.05) is 17.1 Å². The molecule has 2 aromatic rings. The Kier molecular flexibility index (Phi) is 3.38. The number of benzene rings is 1. The minimum absolute atomic E-state index is 0.719. The first-order chi connectivity index (χ1) is 9.15. The molecule has 1 nitrogen and oxygen atoms in total. The van der Waals surface area contributed by atoms with Gasteiger partial charge in [0.2, 0.25) is 0 Å². The molecule has 3 atom stereocenters. The third kappa shape index (κ3) is 2.43. The van der Waals surface area contributed by atoms with Crippen LogP contribution in [0.1, 0.15) is 51.6 Å². The number of nitrogens with one attached hydrogen (secondary N) is 1. The standard InChI is InChI=1S/C18H25N/c1-12(2)15-9-8-13(3)10-16(15)18-11-14-6-4-5-7-17(14)19-18/h4-7,11-13,15-16,19H,8-10H2,1-3H3. The van der Waals surface area contributed by atoms with Crippen LogP contribution in [0.15, 0.2) is 30.3 Å². The number of para-hydroxylation sites is 1. The molecule has 0 radical (unpaired) electrons. The summed E-state index contributed by atoms with van der Waals surface area (Å²) >= 11 is 0. The fourth-order valence-electron chi connectivity index (χ4n) is 3.86. The predicted octanol–water partition coefficient (Wildman–Crippen LogP) is 5.34. The van der Waals surface area contributed by atoms with E-state index in [1.165, 1.54) is 35.9 Å². The molecule has 1 N–H and O–H groups in total. The van der Waals surface area contributed by atoms with E-state index in [0.717, 1.165) is 23.7 Å². The van der Waals surface area contributed by atoms with Crippen molar-refractivity contribution in [1.82, 2.24) is 4.98 Å². The summed E-state index contributed by atoms with van der Waals surface area (Å²) in [4.78, 5) is 3.67. The van der Waals surface area contributed by atoms with Crippen LogP contribution in [0, 0.1) is 17.8 Å². The number of rotatable bonds is 2. The van der Waals surface area contributed by atoms with Crippen LogP contribution in [0.4, 0.5) is 0 Å². The van der Waals surface area contributed by atoms with Crippen LogP contribution in [0.2, 0.25) is 0 Å². The molecule has 0 saturated heterocycles. The SMILES string of the molecule is CC1CCC(C(C)C)C(c2cc3ccccc3[nH]2)C1. The second-order valence-corrected chi connectivity index (χ2v) is 6.74. The summed E-state index contributed by atoms with van der Waals surface area (Å²) < 4.78 is 0. The number of fused-ring (bicyclic) bond motifs is 1. The van der Waals surface area contributed by atoms with Gasteiger partial charge in [0.15, 0.2) is 0 Å². The Hall–Kier alpha value is -1.24. The quantitative estimate of drug-likeness (QED) is 0.745. The van der Waals surface area contributed by atoms with Crippen LogP contribution in [0.3, 0.4) is 0 Å². The van der Waals surface area contributed by atoms with Crippen molar-refractivity contribution in [3.05, 3.63) is 36.0 Å². The monoisotopic (exact) mass is 255 g/mol. The third-order valence-electron chi connectivity index (χ3n) is 4.97. The smallest absolute Gasteiger partial charge is 0.0456 e. The maximum Gasteiger partial charge on any atom is 0.0456 e. The van der Waals surface area contributed by atoms with Crippen molar-refractivity contribution in [2.45, 2.75) is 46.0 Å². The molecule has 1 aromatic heterocycles. The van der Waals surface area contributed by atoms with Crippen molar-refractivity contribution >= 4 is 10.9 Å². The largest absolute Gasteiger partial charge is 0.358 e. The van der Waals surface area contributed by atoms with E-state index in [4.69, 9.17) is 0 Å². The number of hydrogen-bond donors (Lipinski definition) is 1. The molecule has 0 aliphatic heterocycles. The van der Waals surface area contributed by atoms with Crippen LogP contribution in [-0.4, -0.2) is 4.98 Å². The first kappa shape index (κ1) is 12.8. The second kappa shape index (κ2) is 5.03. The summed E-state index contributed by atoms with van der Waals surface area (Å²) in [5.41, 5.74) is 2.75. The first-order valence-electron chi connectivity index (χ1n) is 7.73. The maximum absolute atomic E-state index is 3.67. The lowest BCUT2D eigenvalue weighted by Crippen LogP contribution is -2.26. The minimum Gasteiger partial charge on any atom is -0.358 e. The number of hydrogen-bond acceptors (Lipinski definition) is 0. The summed E-state index contributed by atoms with van der Waals surface area (Å²) in [6.45, 7) is 7.18. The summed E-state index contributed by atoms with van der Waals surface area (Å²) in [7, 11) is 0. The van der Waals surface area contributed by atoms with Crippen LogP contribution in [0.5, 0.6) is 0 Å². The van der Waals surface area contributed by atoms with Crippen molar-refractivity contribution in [3.63, 3.8) is 0 Å². The molecule has 1 saturated carbocycles. The van der Waals surface area contributed by atoms with Gasteiger partial charge in [-0.15, -0.1) is 0 Å². The summed E-state index contributed by atoms with van der Waals surface area (Å²) in [5.74, 6) is 3.20. The summed E-state index contributed by atoms with van der Waals surface area (Å²) in [6.07, 6.45) is 4.13. The van der Waals surface area contributed by atoms with E-state index in [-0.39, 0.29) is 0 Å². The molecule has 0 spiro atoms. The lowest BCUT2D eigenvalue weighted by atomic mass is 9.69. The van der Waals surface area contributed by atoms with Gasteiger partial charge >= 0.3 is 0 Å². The first-order valence-corrected chi connectivity index (χ1v) is 7.73. The Bertz CT molecular complexity index is 519. The Balaban J connectivity index is 1.96. The highest BCUT2D eigenvalue weighted by Gasteiger charge is 2.32. The summed E-state index contributed by atoms with van der Waals surface area (Å²) in [5, 5.41) is 1.36. The Morgan fingerprint density at radius 2 is 1.95 bits per heavy atom. The molecule has 0 amide bonds. The van der Waals surface area contributed by atoms with Crippen molar-refractivity contribution in [1.29, 1.82) is 0 Å². The van der Waals surface area contributed by atoms with Gasteiger partial charge in [-0.25, -0.2) is 0 Å². The fraction of sp³-hybridized carbons (Fsp3) is 0.556. The van der Waals surface area contributed by atoms with Crippen molar-refractivity contribution in [3.8, 4) is 0 Å². The van der Waals surface area contributed by atoms with Crippen LogP contribution in [-0.2, 0) is 0 Å². The molecule has 1 fully saturated rings. The fourth-order valence-corrected chi connectivity index (χ4v) is 3.86. The third-order valence-corrected chi connectivity index (χ3v) is 4.97. The van der Waals surface area contributed by atoms with E-state index < -0.39 is 0 Å². The van der Waals surface area contributed by atoms with E-state index in [0.29, 0.717) is 0 Å². The normalized spacial score (nSPS) is 28.1. The molecule has 1 heterocycles. The number of H-pyrrole nitrogens is 1. The van der Waals surface area contributed by atoms with Crippen molar-refractivity contribution < 1.29 is 0 Å². The Morgan fingerprint density at radius 1 is 1.16 bits per heavy atom. The highest BCUT2D eigenvalue weighted by molar-refractivity contribution is 5.80. The lowest BCUT2D eigenvalue weighted by Gasteiger charge is -2.37. The lowest BCUT2D eigenvalue weighted by molar-refractivity contribution is 0.195. The zero-order valence-electron chi connectivity index (χ0n) is 12.3. The van der Waals surface area contributed by atoms with Crippen LogP contribution < -0.4 is 0 Å². The summed E-state index contributed by atoms with van der Waals surface area (Å²) in [6, 6.07) is 11.0. The molecular formula is C18H25N. The Morgan fingerprint density at radius 3 is 2.68 bits per heavy atom. The van der Waals surface area contributed by atoms with Crippen LogP contribution >= 0.6 is 0 Å². The number of aromatic nitrogens is 1. The van der Waals surface area contributed by atoms with Gasteiger partial charge in [0.05, 0.1) is 0 Å². The highest BCUT2D eigenvalue weighted by atomic mass is 14.7. The highest BCUT2D eigenvalue weighted by Crippen LogP contribution is 2.44. The van der Waals surface area contributed by atoms with Crippen LogP contribution in [0.25, 0.3) is 10.9 Å². The molecule has 102 valence electrons. The molecule has 3 unspecified atom stereocenters. The molecule has 19 heavy (non-hydrogen) atoms. The van der Waals surface area contributed by atoms with E-state index in [9.17, 15) is 0 Å². The maximum atomic E-state index is 3.67. The average Bonchev–Trinajstić information content (AvgIpc) is 2.81. The zero-order chi connectivity index (χ0) is 13.4. The second-order valence-electron chi connectivity index (χ2n) is 6.74. The van der Waals surface area contributed by atoms with Gasteiger partial charge in [0.1, 0.15) is 0 Å². The molecule has 1 aliphatic rings. The predicted molar refractivity (Wildman–Crippen MR) is 82.4 cm³/mol. The topological polar surface area (TPSA) is 15.8 Å². The van der Waals surface area contributed by atoms with Gasteiger partial charge in [-0.3, -0.25) is 0 Å². The van der Waals surface area contributed by atoms with E-state index in [1.807, 2.05) is 0 Å². The molecule has 0 bridgehead atoms. The van der Waals surface area contributed by atoms with Gasteiger partial charge < -0.3 is 4.98 Å². The van der Waals surface area contributed by atoms with Gasteiger partial charge in [-0.2, -0.15) is 0 Å². The van der Waals surface area contributed by atoms with Crippen molar-refractivity contribution in [2.75, 3.05) is 0 Å². The van der Waals surface area contributed by atoms with E-state index in [1.54, 1.807) is 0 Å². The van der Waals surface area contributed by atoms with Gasteiger partial charge in [-0.05, 0) is 48.1 Å². The molecule has 3 rings (SSSR count). The van der Waals surface area contributed by atoms with E-state index >= 15 is 0 Å². The molecule has 1 aliphatic carbocycles. The molecule has 1 aromatic carbocycles. The van der Waals surface area contributed by atoms with Gasteiger partial charge in [0.25, 0.3) is 0 Å². The Labute approximate surface area is 116 Å². The van der Waals surface area contributed by atoms with Gasteiger partial charge in [-0.1, -0.05) is 45.4 Å². The zero-order valence-corrected chi connectivity index (χ0v) is 12.3.